The van der Waals surface area contributed by atoms with Crippen LogP contribution in [0.1, 0.15) is 28.4 Å². The summed E-state index contributed by atoms with van der Waals surface area (Å²) in [5.41, 5.74) is 2.41. The number of carbonyl (C=O) groups excluding carboxylic acids is 2. The van der Waals surface area contributed by atoms with Gasteiger partial charge in [0, 0.05) is 10.6 Å². The first-order chi connectivity index (χ1) is 10.5. The van der Waals surface area contributed by atoms with Crippen LogP contribution in [0.25, 0.3) is 0 Å². The number of aryl methyl sites for hydroxylation is 1. The molecule has 0 spiro atoms. The van der Waals surface area contributed by atoms with Gasteiger partial charge in [0.05, 0.1) is 6.42 Å². The lowest BCUT2D eigenvalue weighted by atomic mass is 10.1. The standard InChI is InChI=1S/C18H17ClO3/c1-12-3-7-15(8-4-12)18(21)13(2)22-17(20)11-14-5-9-16(19)10-6-14/h3-10,13H,11H2,1-2H3. The molecule has 1 atom stereocenters. The highest BCUT2D eigenvalue weighted by Gasteiger charge is 2.19. The van der Waals surface area contributed by atoms with Crippen LogP contribution in [0.4, 0.5) is 0 Å². The van der Waals surface area contributed by atoms with E-state index in [2.05, 4.69) is 0 Å². The summed E-state index contributed by atoms with van der Waals surface area (Å²) in [5, 5.41) is 0.611. The third-order valence-corrected chi connectivity index (χ3v) is 3.53. The Bertz CT molecular complexity index is 660. The summed E-state index contributed by atoms with van der Waals surface area (Å²) in [6.45, 7) is 3.53. The van der Waals surface area contributed by atoms with E-state index < -0.39 is 12.1 Å². The van der Waals surface area contributed by atoms with Crippen LogP contribution in [-0.4, -0.2) is 17.9 Å². The van der Waals surface area contributed by atoms with Gasteiger partial charge in [0.2, 0.25) is 5.78 Å². The Morgan fingerprint density at radius 2 is 1.64 bits per heavy atom. The van der Waals surface area contributed by atoms with Crippen molar-refractivity contribution in [2.75, 3.05) is 0 Å². The van der Waals surface area contributed by atoms with E-state index in [1.165, 1.54) is 0 Å². The summed E-state index contributed by atoms with van der Waals surface area (Å²) in [4.78, 5) is 24.1. The SMILES string of the molecule is Cc1ccc(C(=O)C(C)OC(=O)Cc2ccc(Cl)cc2)cc1. The minimum absolute atomic E-state index is 0.114. The minimum Gasteiger partial charge on any atom is -0.454 e. The van der Waals surface area contributed by atoms with Crippen molar-refractivity contribution >= 4 is 23.4 Å². The van der Waals surface area contributed by atoms with Gasteiger partial charge in [-0.2, -0.15) is 0 Å². The van der Waals surface area contributed by atoms with Gasteiger partial charge >= 0.3 is 5.97 Å². The molecule has 0 bridgehead atoms. The highest BCUT2D eigenvalue weighted by Crippen LogP contribution is 2.12. The number of halogens is 1. The number of hydrogen-bond donors (Lipinski definition) is 0. The van der Waals surface area contributed by atoms with Crippen LogP contribution in [0.5, 0.6) is 0 Å². The van der Waals surface area contributed by atoms with E-state index in [0.717, 1.165) is 11.1 Å². The molecule has 0 aliphatic rings. The van der Waals surface area contributed by atoms with Gasteiger partial charge in [-0.3, -0.25) is 9.59 Å². The van der Waals surface area contributed by atoms with E-state index >= 15 is 0 Å². The number of carbonyl (C=O) groups is 2. The molecule has 0 fully saturated rings. The van der Waals surface area contributed by atoms with Crippen molar-refractivity contribution < 1.29 is 14.3 Å². The molecule has 2 aromatic carbocycles. The first kappa shape index (κ1) is 16.2. The van der Waals surface area contributed by atoms with Crippen LogP contribution in [0.15, 0.2) is 48.5 Å². The summed E-state index contributed by atoms with van der Waals surface area (Å²) in [7, 11) is 0. The second kappa shape index (κ2) is 7.23. The quantitative estimate of drug-likeness (QED) is 0.618. The molecule has 0 radical (unpaired) electrons. The van der Waals surface area contributed by atoms with Crippen LogP contribution < -0.4 is 0 Å². The summed E-state index contributed by atoms with van der Waals surface area (Å²) >= 11 is 5.79. The zero-order valence-corrected chi connectivity index (χ0v) is 13.3. The van der Waals surface area contributed by atoms with E-state index in [9.17, 15) is 9.59 Å². The van der Waals surface area contributed by atoms with E-state index in [0.29, 0.717) is 10.6 Å². The second-order valence-corrected chi connectivity index (χ2v) is 5.60. The Balaban J connectivity index is 1.94. The highest BCUT2D eigenvalue weighted by atomic mass is 35.5. The molecule has 0 saturated heterocycles. The Kier molecular flexibility index (Phi) is 5.34. The van der Waals surface area contributed by atoms with Crippen LogP contribution in [-0.2, 0) is 16.0 Å². The van der Waals surface area contributed by atoms with Crippen LogP contribution >= 0.6 is 11.6 Å². The highest BCUT2D eigenvalue weighted by molar-refractivity contribution is 6.30. The van der Waals surface area contributed by atoms with Gasteiger partial charge in [-0.25, -0.2) is 0 Å². The Morgan fingerprint density at radius 3 is 2.23 bits per heavy atom. The van der Waals surface area contributed by atoms with Crippen molar-refractivity contribution in [3.63, 3.8) is 0 Å². The third kappa shape index (κ3) is 4.43. The maximum Gasteiger partial charge on any atom is 0.310 e. The first-order valence-electron chi connectivity index (χ1n) is 7.00. The number of hydrogen-bond acceptors (Lipinski definition) is 3. The van der Waals surface area contributed by atoms with E-state index in [4.69, 9.17) is 16.3 Å². The number of esters is 1. The van der Waals surface area contributed by atoms with Crippen LogP contribution in [0.3, 0.4) is 0 Å². The fourth-order valence-electron chi connectivity index (χ4n) is 2.01. The molecule has 0 heterocycles. The topological polar surface area (TPSA) is 43.4 Å². The zero-order valence-electron chi connectivity index (χ0n) is 12.5. The van der Waals surface area contributed by atoms with E-state index in [-0.39, 0.29) is 12.2 Å². The lowest BCUT2D eigenvalue weighted by Crippen LogP contribution is -2.25. The van der Waals surface area contributed by atoms with Gasteiger partial charge in [-0.1, -0.05) is 53.6 Å². The molecule has 3 nitrogen and oxygen atoms in total. The number of rotatable bonds is 5. The van der Waals surface area contributed by atoms with Gasteiger partial charge in [0.1, 0.15) is 0 Å². The van der Waals surface area contributed by atoms with Crippen molar-refractivity contribution in [1.82, 2.24) is 0 Å². The van der Waals surface area contributed by atoms with Crippen LogP contribution in [0, 0.1) is 6.92 Å². The summed E-state index contributed by atoms with van der Waals surface area (Å²) in [5.74, 6) is -0.639. The molecule has 0 saturated carbocycles. The molecular formula is C18H17ClO3. The van der Waals surface area contributed by atoms with Crippen molar-refractivity contribution in [1.29, 1.82) is 0 Å². The normalized spacial score (nSPS) is 11.8. The molecule has 0 aliphatic heterocycles. The summed E-state index contributed by atoms with van der Waals surface area (Å²) in [6.07, 6.45) is -0.689. The molecule has 22 heavy (non-hydrogen) atoms. The second-order valence-electron chi connectivity index (χ2n) is 5.17. The zero-order chi connectivity index (χ0) is 16.1. The average Bonchev–Trinajstić information content (AvgIpc) is 2.49. The molecule has 0 N–H and O–H groups in total. The van der Waals surface area contributed by atoms with Gasteiger partial charge in [0.15, 0.2) is 6.10 Å². The van der Waals surface area contributed by atoms with Gasteiger partial charge in [0.25, 0.3) is 0 Å². The maximum absolute atomic E-state index is 12.2. The average molecular weight is 317 g/mol. The lowest BCUT2D eigenvalue weighted by Gasteiger charge is -2.12. The molecule has 4 heteroatoms. The largest absolute Gasteiger partial charge is 0.454 e. The van der Waals surface area contributed by atoms with Gasteiger partial charge in [-0.05, 0) is 31.5 Å². The Hall–Kier alpha value is -2.13. The number of ketones is 1. The fraction of sp³-hybridized carbons (Fsp3) is 0.222. The van der Waals surface area contributed by atoms with Gasteiger partial charge in [-0.15, -0.1) is 0 Å². The lowest BCUT2D eigenvalue weighted by molar-refractivity contribution is -0.145. The van der Waals surface area contributed by atoms with E-state index in [1.54, 1.807) is 43.3 Å². The molecule has 0 aromatic heterocycles. The maximum atomic E-state index is 12.2. The van der Waals surface area contributed by atoms with Crippen molar-refractivity contribution in [2.24, 2.45) is 0 Å². The van der Waals surface area contributed by atoms with Crippen LogP contribution in [0.2, 0.25) is 5.02 Å². The molecule has 0 amide bonds. The Morgan fingerprint density at radius 1 is 1.05 bits per heavy atom. The molecule has 2 rings (SSSR count). The predicted octanol–water partition coefficient (Wildman–Crippen LogP) is 4.01. The minimum atomic E-state index is -0.803. The molecule has 114 valence electrons. The Labute approximate surface area is 134 Å². The van der Waals surface area contributed by atoms with Crippen molar-refractivity contribution in [2.45, 2.75) is 26.4 Å². The van der Waals surface area contributed by atoms with Crippen molar-refractivity contribution in [3.8, 4) is 0 Å². The van der Waals surface area contributed by atoms with Gasteiger partial charge < -0.3 is 4.74 Å². The third-order valence-electron chi connectivity index (χ3n) is 3.28. The summed E-state index contributed by atoms with van der Waals surface area (Å²) < 4.78 is 5.21. The number of Topliss-reactive ketones (excluding diaryl/α,β-unsaturated/α-hetero) is 1. The molecule has 0 aliphatic carbocycles. The summed E-state index contributed by atoms with van der Waals surface area (Å²) in [6, 6.07) is 14.1. The number of ether oxygens (including phenoxy) is 1. The molecular weight excluding hydrogens is 300 g/mol. The smallest absolute Gasteiger partial charge is 0.310 e. The van der Waals surface area contributed by atoms with E-state index in [1.807, 2.05) is 19.1 Å². The monoisotopic (exact) mass is 316 g/mol. The fourth-order valence-corrected chi connectivity index (χ4v) is 2.14. The number of benzene rings is 2. The first-order valence-corrected chi connectivity index (χ1v) is 7.38. The molecule has 1 unspecified atom stereocenters. The van der Waals surface area contributed by atoms with Crippen molar-refractivity contribution in [3.05, 3.63) is 70.2 Å². The molecule has 2 aromatic rings. The predicted molar refractivity (Wildman–Crippen MR) is 86.2 cm³/mol.